The van der Waals surface area contributed by atoms with Gasteiger partial charge in [-0.1, -0.05) is 23.7 Å². The number of benzene rings is 2. The van der Waals surface area contributed by atoms with E-state index in [-0.39, 0.29) is 34.2 Å². The number of halogens is 3. The van der Waals surface area contributed by atoms with E-state index < -0.39 is 29.6 Å². The first-order valence-electron chi connectivity index (χ1n) is 9.11. The van der Waals surface area contributed by atoms with E-state index in [1.807, 2.05) is 0 Å². The summed E-state index contributed by atoms with van der Waals surface area (Å²) in [4.78, 5) is 27.7. The predicted octanol–water partition coefficient (Wildman–Crippen LogP) is 4.78. The van der Waals surface area contributed by atoms with Crippen LogP contribution in [0.3, 0.4) is 0 Å². The molecule has 2 aromatic carbocycles. The van der Waals surface area contributed by atoms with Crippen molar-refractivity contribution in [1.29, 1.82) is 0 Å². The second-order valence-electron chi connectivity index (χ2n) is 6.65. The lowest BCUT2D eigenvalue weighted by Crippen LogP contribution is -2.27. The number of rotatable bonds is 7. The molecule has 0 aliphatic rings. The van der Waals surface area contributed by atoms with E-state index in [4.69, 9.17) is 21.4 Å². The molecular formula is C22H17ClF2N2O4. The molecule has 0 aliphatic carbocycles. The molecule has 9 heteroatoms. The molecule has 3 rings (SSSR count). The van der Waals surface area contributed by atoms with E-state index in [1.54, 1.807) is 19.1 Å². The highest BCUT2D eigenvalue weighted by molar-refractivity contribution is 6.30. The normalized spacial score (nSPS) is 11.6. The Kier molecular flexibility index (Phi) is 6.81. The third kappa shape index (κ3) is 5.55. The molecule has 160 valence electrons. The summed E-state index contributed by atoms with van der Waals surface area (Å²) in [6, 6.07) is 9.89. The zero-order valence-electron chi connectivity index (χ0n) is 16.2. The molecule has 6 nitrogen and oxygen atoms in total. The molecule has 0 bridgehead atoms. The quantitative estimate of drug-likeness (QED) is 0.545. The second-order valence-corrected chi connectivity index (χ2v) is 7.09. The molecule has 0 fully saturated rings. The summed E-state index contributed by atoms with van der Waals surface area (Å²) in [5, 5.41) is 11.9. The van der Waals surface area contributed by atoms with Gasteiger partial charge >= 0.3 is 5.97 Å². The number of ether oxygens (including phenoxy) is 1. The third-order valence-electron chi connectivity index (χ3n) is 4.44. The van der Waals surface area contributed by atoms with Crippen LogP contribution in [0.1, 0.15) is 44.8 Å². The van der Waals surface area contributed by atoms with Gasteiger partial charge in [-0.25, -0.2) is 18.6 Å². The first kappa shape index (κ1) is 22.2. The fourth-order valence-corrected chi connectivity index (χ4v) is 2.93. The average molecular weight is 447 g/mol. The Morgan fingerprint density at radius 1 is 1.16 bits per heavy atom. The van der Waals surface area contributed by atoms with Crippen molar-refractivity contribution in [3.05, 3.63) is 93.6 Å². The minimum atomic E-state index is -1.05. The number of hydrogen-bond acceptors (Lipinski definition) is 4. The molecule has 0 radical (unpaired) electrons. The third-order valence-corrected chi connectivity index (χ3v) is 4.65. The van der Waals surface area contributed by atoms with Crippen LogP contribution in [0.4, 0.5) is 8.78 Å². The van der Waals surface area contributed by atoms with Crippen molar-refractivity contribution >= 4 is 23.5 Å². The molecule has 31 heavy (non-hydrogen) atoms. The van der Waals surface area contributed by atoms with Crippen molar-refractivity contribution in [2.75, 3.05) is 0 Å². The number of hydrogen-bond donors (Lipinski definition) is 2. The summed E-state index contributed by atoms with van der Waals surface area (Å²) >= 11 is 5.96. The van der Waals surface area contributed by atoms with Gasteiger partial charge in [-0.3, -0.25) is 4.79 Å². The summed E-state index contributed by atoms with van der Waals surface area (Å²) in [5.41, 5.74) is 0.785. The highest BCUT2D eigenvalue weighted by atomic mass is 35.5. The minimum absolute atomic E-state index is 0.0123. The molecule has 1 amide bonds. The summed E-state index contributed by atoms with van der Waals surface area (Å²) in [6.07, 6.45) is 1.27. The summed E-state index contributed by atoms with van der Waals surface area (Å²) in [6.45, 7) is 1.37. The van der Waals surface area contributed by atoms with Gasteiger partial charge in [0.15, 0.2) is 0 Å². The van der Waals surface area contributed by atoms with E-state index in [1.165, 1.54) is 24.4 Å². The van der Waals surface area contributed by atoms with E-state index in [9.17, 15) is 18.4 Å². The van der Waals surface area contributed by atoms with E-state index >= 15 is 0 Å². The first-order chi connectivity index (χ1) is 14.7. The van der Waals surface area contributed by atoms with Crippen molar-refractivity contribution in [3.63, 3.8) is 0 Å². The number of carbonyl (C=O) groups is 2. The van der Waals surface area contributed by atoms with Crippen LogP contribution in [0.15, 0.2) is 54.7 Å². The van der Waals surface area contributed by atoms with E-state index in [0.29, 0.717) is 5.56 Å². The van der Waals surface area contributed by atoms with Crippen molar-refractivity contribution in [2.24, 2.45) is 0 Å². The number of pyridine rings is 1. The largest absolute Gasteiger partial charge is 0.478 e. The van der Waals surface area contributed by atoms with Gasteiger partial charge in [0.25, 0.3) is 5.91 Å². The standard InChI is InChI=1S/C22H17ClF2N2O4/c1-12(13-2-4-14(5-3-13)22(29)30)27-20(28)18-9-16(23)10-26-21(18)31-11-15-8-17(24)6-7-19(15)25/h2-10,12H,11H2,1H3,(H,27,28)(H,29,30)/t12-/m0/s1. The van der Waals surface area contributed by atoms with Crippen LogP contribution in [0.25, 0.3) is 0 Å². The lowest BCUT2D eigenvalue weighted by molar-refractivity contribution is 0.0696. The van der Waals surface area contributed by atoms with Crippen molar-refractivity contribution in [2.45, 2.75) is 19.6 Å². The summed E-state index contributed by atoms with van der Waals surface area (Å²) in [7, 11) is 0. The number of nitrogens with one attached hydrogen (secondary N) is 1. The molecule has 1 aromatic heterocycles. The number of carboxylic acids is 1. The zero-order chi connectivity index (χ0) is 22.5. The Morgan fingerprint density at radius 3 is 2.55 bits per heavy atom. The minimum Gasteiger partial charge on any atom is -0.478 e. The van der Waals surface area contributed by atoms with Crippen molar-refractivity contribution in [3.8, 4) is 5.88 Å². The molecule has 0 saturated heterocycles. The Morgan fingerprint density at radius 2 is 1.87 bits per heavy atom. The van der Waals surface area contributed by atoms with Crippen LogP contribution in [0.5, 0.6) is 5.88 Å². The number of amides is 1. The van der Waals surface area contributed by atoms with Gasteiger partial charge in [-0.05, 0) is 48.9 Å². The Balaban J connectivity index is 1.76. The van der Waals surface area contributed by atoms with Crippen molar-refractivity contribution in [1.82, 2.24) is 10.3 Å². The SMILES string of the molecule is C[C@H](NC(=O)c1cc(Cl)cnc1OCc1cc(F)ccc1F)c1ccc(C(=O)O)cc1. The molecule has 1 heterocycles. The highest BCUT2D eigenvalue weighted by Gasteiger charge is 2.19. The maximum absolute atomic E-state index is 13.8. The number of carboxylic acid groups (broad SMARTS) is 1. The van der Waals surface area contributed by atoms with Crippen LogP contribution in [0, 0.1) is 11.6 Å². The van der Waals surface area contributed by atoms with E-state index in [0.717, 1.165) is 18.2 Å². The van der Waals surface area contributed by atoms with Gasteiger partial charge in [-0.2, -0.15) is 0 Å². The summed E-state index contributed by atoms with van der Waals surface area (Å²) in [5.74, 6) is -2.98. The van der Waals surface area contributed by atoms with Gasteiger partial charge in [-0.15, -0.1) is 0 Å². The van der Waals surface area contributed by atoms with Gasteiger partial charge < -0.3 is 15.2 Å². The lowest BCUT2D eigenvalue weighted by Gasteiger charge is -2.16. The van der Waals surface area contributed by atoms with Crippen LogP contribution < -0.4 is 10.1 Å². The molecule has 2 N–H and O–H groups in total. The van der Waals surface area contributed by atoms with Crippen LogP contribution in [0.2, 0.25) is 5.02 Å². The van der Waals surface area contributed by atoms with Crippen molar-refractivity contribution < 1.29 is 28.2 Å². The first-order valence-corrected chi connectivity index (χ1v) is 9.49. The number of nitrogens with zero attached hydrogens (tertiary/aromatic N) is 1. The zero-order valence-corrected chi connectivity index (χ0v) is 17.0. The molecular weight excluding hydrogens is 430 g/mol. The highest BCUT2D eigenvalue weighted by Crippen LogP contribution is 2.23. The van der Waals surface area contributed by atoms with Gasteiger partial charge in [0.2, 0.25) is 5.88 Å². The van der Waals surface area contributed by atoms with Crippen LogP contribution >= 0.6 is 11.6 Å². The molecule has 3 aromatic rings. The Hall–Kier alpha value is -3.52. The van der Waals surface area contributed by atoms with Crippen LogP contribution in [-0.2, 0) is 6.61 Å². The van der Waals surface area contributed by atoms with Gasteiger partial charge in [0, 0.05) is 11.8 Å². The molecule has 0 aliphatic heterocycles. The molecule has 0 unspecified atom stereocenters. The predicted molar refractivity (Wildman–Crippen MR) is 109 cm³/mol. The average Bonchev–Trinajstić information content (AvgIpc) is 2.75. The van der Waals surface area contributed by atoms with Gasteiger partial charge in [0.05, 0.1) is 16.6 Å². The fraction of sp³-hybridized carbons (Fsp3) is 0.136. The van der Waals surface area contributed by atoms with Gasteiger partial charge in [0.1, 0.15) is 23.8 Å². The summed E-state index contributed by atoms with van der Waals surface area (Å²) < 4.78 is 32.6. The van der Waals surface area contributed by atoms with E-state index in [2.05, 4.69) is 10.3 Å². The molecule has 0 spiro atoms. The number of aromatic carboxylic acids is 1. The topological polar surface area (TPSA) is 88.5 Å². The smallest absolute Gasteiger partial charge is 0.335 e. The second kappa shape index (κ2) is 9.53. The Labute approximate surface area is 181 Å². The number of carbonyl (C=O) groups excluding carboxylic acids is 1. The Bertz CT molecular complexity index is 1120. The fourth-order valence-electron chi connectivity index (χ4n) is 2.78. The maximum Gasteiger partial charge on any atom is 0.335 e. The number of aromatic nitrogens is 1. The molecule has 1 atom stereocenters. The monoisotopic (exact) mass is 446 g/mol. The maximum atomic E-state index is 13.8. The lowest BCUT2D eigenvalue weighted by atomic mass is 10.1. The van der Waals surface area contributed by atoms with Crippen LogP contribution in [-0.4, -0.2) is 22.0 Å². The molecule has 0 saturated carbocycles.